The molecule has 0 bridgehead atoms. The third kappa shape index (κ3) is 4.77. The van der Waals surface area contributed by atoms with Gasteiger partial charge >= 0.3 is 0 Å². The summed E-state index contributed by atoms with van der Waals surface area (Å²) >= 11 is 0. The van der Waals surface area contributed by atoms with Crippen molar-refractivity contribution in [3.8, 4) is 17.2 Å². The number of nitrogens with zero attached hydrogens (tertiary/aromatic N) is 1. The van der Waals surface area contributed by atoms with E-state index in [1.165, 1.54) is 0 Å². The Balaban J connectivity index is 1.60. The first-order valence-electron chi connectivity index (χ1n) is 10.6. The van der Waals surface area contributed by atoms with Crippen molar-refractivity contribution in [2.45, 2.75) is 26.1 Å². The highest BCUT2D eigenvalue weighted by Crippen LogP contribution is 2.34. The van der Waals surface area contributed by atoms with Crippen LogP contribution < -0.4 is 19.5 Å². The summed E-state index contributed by atoms with van der Waals surface area (Å²) in [4.78, 5) is 27.4. The van der Waals surface area contributed by atoms with Gasteiger partial charge in [0.05, 0.1) is 14.2 Å². The van der Waals surface area contributed by atoms with Gasteiger partial charge in [0, 0.05) is 35.5 Å². The van der Waals surface area contributed by atoms with Crippen LogP contribution in [0.4, 0.5) is 5.69 Å². The molecule has 0 fully saturated rings. The normalized spacial score (nSPS) is 15.2. The number of carbonyl (C=O) groups is 2. The van der Waals surface area contributed by atoms with Crippen LogP contribution in [0, 0.1) is 0 Å². The van der Waals surface area contributed by atoms with Crippen LogP contribution in [0.25, 0.3) is 0 Å². The number of ether oxygens (including phenoxy) is 3. The van der Waals surface area contributed by atoms with Crippen molar-refractivity contribution in [2.75, 3.05) is 19.5 Å². The largest absolute Gasteiger partial charge is 0.493 e. The fourth-order valence-electron chi connectivity index (χ4n) is 3.89. The number of hydrogen-bond donors (Lipinski definition) is 1. The standard InChI is InChI=1S/C26H26N2O5/c1-17-26(30)28(15-19-10-7-11-23(31-2)24(19)32-3)16-20-14-21(12-13-22(20)33-17)27-25(29)18-8-5-4-6-9-18/h4-14,17H,15-16H2,1-3H3,(H,27,29)/t17-/m0/s1. The number of anilines is 1. The van der Waals surface area contributed by atoms with Crippen LogP contribution in [0.1, 0.15) is 28.4 Å². The van der Waals surface area contributed by atoms with E-state index in [-0.39, 0.29) is 11.8 Å². The van der Waals surface area contributed by atoms with Gasteiger partial charge in [-0.25, -0.2) is 0 Å². The van der Waals surface area contributed by atoms with Gasteiger partial charge in [-0.05, 0) is 43.3 Å². The second-order valence-electron chi connectivity index (χ2n) is 7.75. The zero-order valence-electron chi connectivity index (χ0n) is 18.8. The van der Waals surface area contributed by atoms with E-state index in [0.29, 0.717) is 41.6 Å². The molecule has 7 heteroatoms. The molecule has 1 atom stereocenters. The van der Waals surface area contributed by atoms with E-state index in [2.05, 4.69) is 5.32 Å². The van der Waals surface area contributed by atoms with Crippen molar-refractivity contribution in [1.82, 2.24) is 4.90 Å². The lowest BCUT2D eigenvalue weighted by molar-refractivity contribution is -0.138. The van der Waals surface area contributed by atoms with Crippen LogP contribution in [-0.4, -0.2) is 37.0 Å². The van der Waals surface area contributed by atoms with E-state index < -0.39 is 6.10 Å². The Kier molecular flexibility index (Phi) is 6.49. The highest BCUT2D eigenvalue weighted by Gasteiger charge is 2.29. The molecule has 0 saturated carbocycles. The molecule has 170 valence electrons. The summed E-state index contributed by atoms with van der Waals surface area (Å²) in [5, 5.41) is 2.91. The highest BCUT2D eigenvalue weighted by atomic mass is 16.5. The molecule has 0 radical (unpaired) electrons. The SMILES string of the molecule is COc1cccc(CN2Cc3cc(NC(=O)c4ccccc4)ccc3O[C@@H](C)C2=O)c1OC. The van der Waals surface area contributed by atoms with E-state index in [9.17, 15) is 9.59 Å². The summed E-state index contributed by atoms with van der Waals surface area (Å²) in [5.74, 6) is 1.48. The number of carbonyl (C=O) groups excluding carboxylic acids is 2. The quantitative estimate of drug-likeness (QED) is 0.612. The molecule has 1 heterocycles. The number of nitrogens with one attached hydrogen (secondary N) is 1. The van der Waals surface area contributed by atoms with Gasteiger partial charge in [0.1, 0.15) is 5.75 Å². The maximum Gasteiger partial charge on any atom is 0.263 e. The molecule has 1 aliphatic rings. The predicted octanol–water partition coefficient (Wildman–Crippen LogP) is 4.27. The maximum absolute atomic E-state index is 13.1. The Hall–Kier alpha value is -4.00. The molecule has 2 amide bonds. The molecule has 0 aromatic heterocycles. The molecule has 0 unspecified atom stereocenters. The van der Waals surface area contributed by atoms with Gasteiger partial charge in [-0.1, -0.05) is 30.3 Å². The number of para-hydroxylation sites is 1. The highest BCUT2D eigenvalue weighted by molar-refractivity contribution is 6.04. The zero-order chi connectivity index (χ0) is 23.4. The topological polar surface area (TPSA) is 77.1 Å². The molecule has 33 heavy (non-hydrogen) atoms. The fourth-order valence-corrected chi connectivity index (χ4v) is 3.89. The molecular weight excluding hydrogens is 420 g/mol. The Morgan fingerprint density at radius 3 is 2.58 bits per heavy atom. The van der Waals surface area contributed by atoms with Gasteiger partial charge < -0.3 is 24.4 Å². The lowest BCUT2D eigenvalue weighted by atomic mass is 10.1. The second-order valence-corrected chi connectivity index (χ2v) is 7.75. The fraction of sp³-hybridized carbons (Fsp3) is 0.231. The Morgan fingerprint density at radius 1 is 1.06 bits per heavy atom. The summed E-state index contributed by atoms with van der Waals surface area (Å²) < 4.78 is 16.8. The van der Waals surface area contributed by atoms with Crippen LogP contribution >= 0.6 is 0 Å². The average molecular weight is 447 g/mol. The van der Waals surface area contributed by atoms with E-state index in [1.54, 1.807) is 50.3 Å². The molecule has 0 saturated heterocycles. The molecule has 4 rings (SSSR count). The Morgan fingerprint density at radius 2 is 1.85 bits per heavy atom. The summed E-state index contributed by atoms with van der Waals surface area (Å²) in [6.45, 7) is 2.39. The first-order valence-corrected chi connectivity index (χ1v) is 10.6. The van der Waals surface area contributed by atoms with Crippen molar-refractivity contribution in [3.05, 3.63) is 83.4 Å². The van der Waals surface area contributed by atoms with Crippen molar-refractivity contribution in [2.24, 2.45) is 0 Å². The van der Waals surface area contributed by atoms with Crippen LogP contribution in [0.3, 0.4) is 0 Å². The molecular formula is C26H26N2O5. The summed E-state index contributed by atoms with van der Waals surface area (Å²) in [5.41, 5.74) is 2.83. The van der Waals surface area contributed by atoms with E-state index in [1.807, 2.05) is 42.5 Å². The van der Waals surface area contributed by atoms with Crippen LogP contribution in [-0.2, 0) is 17.9 Å². The van der Waals surface area contributed by atoms with Gasteiger partial charge in [-0.3, -0.25) is 9.59 Å². The molecule has 0 spiro atoms. The molecule has 1 aliphatic heterocycles. The third-order valence-corrected chi connectivity index (χ3v) is 5.52. The molecule has 7 nitrogen and oxygen atoms in total. The van der Waals surface area contributed by atoms with E-state index >= 15 is 0 Å². The summed E-state index contributed by atoms with van der Waals surface area (Å²) in [7, 11) is 3.16. The van der Waals surface area contributed by atoms with Crippen LogP contribution in [0.2, 0.25) is 0 Å². The molecule has 1 N–H and O–H groups in total. The number of hydrogen-bond acceptors (Lipinski definition) is 5. The van der Waals surface area contributed by atoms with Crippen molar-refractivity contribution >= 4 is 17.5 Å². The van der Waals surface area contributed by atoms with Crippen molar-refractivity contribution < 1.29 is 23.8 Å². The van der Waals surface area contributed by atoms with E-state index in [0.717, 1.165) is 11.1 Å². The number of rotatable bonds is 6. The minimum absolute atomic E-state index is 0.133. The van der Waals surface area contributed by atoms with Crippen LogP contribution in [0.5, 0.6) is 17.2 Å². The number of methoxy groups -OCH3 is 2. The van der Waals surface area contributed by atoms with Gasteiger partial charge in [0.2, 0.25) is 0 Å². The second kappa shape index (κ2) is 9.65. The number of fused-ring (bicyclic) bond motifs is 1. The third-order valence-electron chi connectivity index (χ3n) is 5.52. The van der Waals surface area contributed by atoms with Crippen LogP contribution in [0.15, 0.2) is 66.7 Å². The Bertz CT molecular complexity index is 1160. The van der Waals surface area contributed by atoms with Crippen molar-refractivity contribution in [3.63, 3.8) is 0 Å². The minimum atomic E-state index is -0.646. The molecule has 0 aliphatic carbocycles. The summed E-state index contributed by atoms with van der Waals surface area (Å²) in [6.07, 6.45) is -0.646. The van der Waals surface area contributed by atoms with E-state index in [4.69, 9.17) is 14.2 Å². The molecule has 3 aromatic carbocycles. The summed E-state index contributed by atoms with van der Waals surface area (Å²) in [6, 6.07) is 20.0. The monoisotopic (exact) mass is 446 g/mol. The Labute approximate surface area is 192 Å². The van der Waals surface area contributed by atoms with Crippen molar-refractivity contribution in [1.29, 1.82) is 0 Å². The lowest BCUT2D eigenvalue weighted by Crippen LogP contribution is -2.37. The minimum Gasteiger partial charge on any atom is -0.493 e. The van der Waals surface area contributed by atoms with Gasteiger partial charge in [-0.15, -0.1) is 0 Å². The average Bonchev–Trinajstić information content (AvgIpc) is 2.95. The van der Waals surface area contributed by atoms with Gasteiger partial charge in [0.15, 0.2) is 17.6 Å². The molecule has 3 aromatic rings. The smallest absolute Gasteiger partial charge is 0.263 e. The maximum atomic E-state index is 13.1. The zero-order valence-corrected chi connectivity index (χ0v) is 18.8. The van der Waals surface area contributed by atoms with Gasteiger partial charge in [0.25, 0.3) is 11.8 Å². The lowest BCUT2D eigenvalue weighted by Gasteiger charge is -2.24. The first-order chi connectivity index (χ1) is 16.0. The first kappa shape index (κ1) is 22.2. The number of amides is 2. The van der Waals surface area contributed by atoms with Gasteiger partial charge in [-0.2, -0.15) is 0 Å². The predicted molar refractivity (Wildman–Crippen MR) is 125 cm³/mol. The number of benzene rings is 3.